The molecule has 1 unspecified atom stereocenters. The Morgan fingerprint density at radius 2 is 1.76 bits per heavy atom. The van der Waals surface area contributed by atoms with Crippen LogP contribution in [0.1, 0.15) is 46.1 Å². The van der Waals surface area contributed by atoms with E-state index in [1.807, 2.05) is 4.57 Å². The van der Waals surface area contributed by atoms with E-state index in [-0.39, 0.29) is 17.1 Å². The summed E-state index contributed by atoms with van der Waals surface area (Å²) in [5.41, 5.74) is 6.02. The SMILES string of the molecule is CC(C)N1c2nc(-c3cn(COCC[Si](C)(C)C)c4ccc(-c5ccc(C6=NCC7CCCN67)cc5)cc34)cc(=O)n2CC1(C)C. The van der Waals surface area contributed by atoms with Crippen LogP contribution in [0.5, 0.6) is 0 Å². The highest BCUT2D eigenvalue weighted by atomic mass is 28.3. The second-order valence-corrected chi connectivity index (χ2v) is 21.1. The average molecular weight is 637 g/mol. The quantitative estimate of drug-likeness (QED) is 0.145. The van der Waals surface area contributed by atoms with E-state index >= 15 is 0 Å². The van der Waals surface area contributed by atoms with Gasteiger partial charge in [-0.2, -0.15) is 0 Å². The second-order valence-electron chi connectivity index (χ2n) is 15.5. The number of aliphatic imine (C=N–C) groups is 1. The Morgan fingerprint density at radius 3 is 2.50 bits per heavy atom. The molecule has 1 fully saturated rings. The van der Waals surface area contributed by atoms with Crippen LogP contribution >= 0.6 is 0 Å². The zero-order valence-electron chi connectivity index (χ0n) is 28.5. The van der Waals surface area contributed by atoms with Crippen molar-refractivity contribution in [1.82, 2.24) is 19.0 Å². The number of amidine groups is 1. The molecule has 2 aromatic carbocycles. The van der Waals surface area contributed by atoms with Crippen molar-refractivity contribution in [1.29, 1.82) is 0 Å². The fraction of sp³-hybridized carbons (Fsp3) is 0.486. The zero-order valence-corrected chi connectivity index (χ0v) is 29.5. The molecule has 5 heterocycles. The first-order valence-corrected chi connectivity index (χ1v) is 20.6. The normalized spacial score (nSPS) is 19.0. The summed E-state index contributed by atoms with van der Waals surface area (Å²) in [4.78, 5) is 28.4. The van der Waals surface area contributed by atoms with Crippen molar-refractivity contribution in [3.8, 4) is 22.4 Å². The Bertz CT molecular complexity index is 1860. The third-order valence-corrected chi connectivity index (χ3v) is 11.6. The fourth-order valence-electron chi connectivity index (χ4n) is 7.61. The van der Waals surface area contributed by atoms with Gasteiger partial charge < -0.3 is 19.1 Å². The van der Waals surface area contributed by atoms with Crippen molar-refractivity contribution < 1.29 is 4.74 Å². The fourth-order valence-corrected chi connectivity index (χ4v) is 8.37. The lowest BCUT2D eigenvalue weighted by atomic mass is 10.00. The van der Waals surface area contributed by atoms with E-state index in [9.17, 15) is 4.79 Å². The van der Waals surface area contributed by atoms with E-state index in [1.54, 1.807) is 6.07 Å². The van der Waals surface area contributed by atoms with Crippen LogP contribution in [0.2, 0.25) is 25.7 Å². The largest absolute Gasteiger partial charge is 0.361 e. The van der Waals surface area contributed by atoms with Crippen LogP contribution in [0.25, 0.3) is 33.3 Å². The monoisotopic (exact) mass is 636 g/mol. The second kappa shape index (κ2) is 11.5. The van der Waals surface area contributed by atoms with Gasteiger partial charge in [-0.3, -0.25) is 14.4 Å². The predicted molar refractivity (Wildman–Crippen MR) is 192 cm³/mol. The van der Waals surface area contributed by atoms with Crippen LogP contribution in [0, 0.1) is 0 Å². The number of hydrogen-bond acceptors (Lipinski definition) is 6. The van der Waals surface area contributed by atoms with E-state index in [0.29, 0.717) is 25.0 Å². The van der Waals surface area contributed by atoms with Gasteiger partial charge in [0.25, 0.3) is 5.56 Å². The number of ether oxygens (including phenoxy) is 1. The number of anilines is 1. The summed E-state index contributed by atoms with van der Waals surface area (Å²) >= 11 is 0. The minimum Gasteiger partial charge on any atom is -0.361 e. The van der Waals surface area contributed by atoms with Crippen molar-refractivity contribution in [3.05, 3.63) is 70.6 Å². The molecule has 8 nitrogen and oxygen atoms in total. The third-order valence-electron chi connectivity index (χ3n) is 9.88. The van der Waals surface area contributed by atoms with Crippen molar-refractivity contribution in [2.75, 3.05) is 24.6 Å². The van der Waals surface area contributed by atoms with Gasteiger partial charge in [0.1, 0.15) is 12.6 Å². The summed E-state index contributed by atoms with van der Waals surface area (Å²) in [5.74, 6) is 1.89. The van der Waals surface area contributed by atoms with E-state index in [4.69, 9.17) is 14.7 Å². The van der Waals surface area contributed by atoms with Gasteiger partial charge in [0.05, 0.1) is 35.9 Å². The van der Waals surface area contributed by atoms with Crippen molar-refractivity contribution in [3.63, 3.8) is 0 Å². The summed E-state index contributed by atoms with van der Waals surface area (Å²) in [6, 6.07) is 19.1. The summed E-state index contributed by atoms with van der Waals surface area (Å²) in [5, 5.41) is 1.07. The van der Waals surface area contributed by atoms with E-state index in [1.165, 1.54) is 18.4 Å². The summed E-state index contributed by atoms with van der Waals surface area (Å²) < 4.78 is 10.2. The topological polar surface area (TPSA) is 67.9 Å². The molecule has 0 amide bonds. The molecule has 0 aliphatic carbocycles. The highest BCUT2D eigenvalue weighted by Gasteiger charge is 2.40. The first kappa shape index (κ1) is 30.9. The van der Waals surface area contributed by atoms with Gasteiger partial charge >= 0.3 is 0 Å². The number of nitrogens with zero attached hydrogens (tertiary/aromatic N) is 6. The molecule has 1 atom stereocenters. The van der Waals surface area contributed by atoms with E-state index < -0.39 is 8.07 Å². The highest BCUT2D eigenvalue weighted by Crippen LogP contribution is 2.37. The number of benzene rings is 2. The molecule has 4 aromatic rings. The van der Waals surface area contributed by atoms with Crippen molar-refractivity contribution in [2.45, 2.75) is 97.1 Å². The molecule has 7 rings (SSSR count). The average Bonchev–Trinajstić information content (AvgIpc) is 3.76. The summed E-state index contributed by atoms with van der Waals surface area (Å²) in [7, 11) is -1.20. The zero-order chi connectivity index (χ0) is 32.4. The first-order valence-electron chi connectivity index (χ1n) is 16.9. The standard InChI is InChI=1S/C37H48N6O2Si/c1-25(2)43-36-39-32(20-34(44)42(36)23-37(43,3)4)31-22-40(24-45-17-18-46(5,6)7)33-15-14-28(19-30(31)33)26-10-12-27(13-11-26)35-38-21-29-9-8-16-41(29)35/h10-15,19-20,22,25,29H,8-9,16-18,21,23-24H2,1-7H3. The Morgan fingerprint density at radius 1 is 1.02 bits per heavy atom. The minimum absolute atomic E-state index is 0.00896. The van der Waals surface area contributed by atoms with Gasteiger partial charge in [-0.15, -0.1) is 0 Å². The Kier molecular flexibility index (Phi) is 7.75. The molecule has 3 aliphatic rings. The van der Waals surface area contributed by atoms with Gasteiger partial charge in [-0.05, 0) is 69.8 Å². The molecule has 2 aromatic heterocycles. The number of fused-ring (bicyclic) bond motifs is 3. The maximum absolute atomic E-state index is 13.6. The molecule has 0 saturated carbocycles. The molecule has 1 saturated heterocycles. The molecule has 0 radical (unpaired) electrons. The lowest BCUT2D eigenvalue weighted by Crippen LogP contribution is -2.45. The van der Waals surface area contributed by atoms with Crippen LogP contribution in [-0.2, 0) is 18.0 Å². The van der Waals surface area contributed by atoms with Gasteiger partial charge in [0, 0.05) is 56.0 Å². The smallest absolute Gasteiger partial charge is 0.255 e. The van der Waals surface area contributed by atoms with E-state index in [0.717, 1.165) is 65.1 Å². The van der Waals surface area contributed by atoms with Crippen LogP contribution in [0.4, 0.5) is 5.95 Å². The molecule has 9 heteroatoms. The van der Waals surface area contributed by atoms with Crippen LogP contribution in [-0.4, -0.2) is 70.2 Å². The van der Waals surface area contributed by atoms with Crippen molar-refractivity contribution in [2.24, 2.45) is 4.99 Å². The molecular formula is C37H48N6O2Si. The Balaban J connectivity index is 1.27. The minimum atomic E-state index is -1.20. The predicted octanol–water partition coefficient (Wildman–Crippen LogP) is 7.08. The maximum Gasteiger partial charge on any atom is 0.255 e. The lowest BCUT2D eigenvalue weighted by molar-refractivity contribution is 0.0903. The molecule has 242 valence electrons. The van der Waals surface area contributed by atoms with Gasteiger partial charge in [0.15, 0.2) is 0 Å². The number of aromatic nitrogens is 3. The van der Waals surface area contributed by atoms with E-state index in [2.05, 4.69) is 110 Å². The van der Waals surface area contributed by atoms with Gasteiger partial charge in [-0.1, -0.05) is 50.0 Å². The van der Waals surface area contributed by atoms with Crippen LogP contribution in [0.15, 0.2) is 64.5 Å². The summed E-state index contributed by atoms with van der Waals surface area (Å²) in [6.07, 6.45) is 4.62. The van der Waals surface area contributed by atoms with Crippen LogP contribution < -0.4 is 10.5 Å². The molecule has 3 aliphatic heterocycles. The Labute approximate surface area is 273 Å². The van der Waals surface area contributed by atoms with Gasteiger partial charge in [-0.25, -0.2) is 4.98 Å². The molecule has 46 heavy (non-hydrogen) atoms. The summed E-state index contributed by atoms with van der Waals surface area (Å²) in [6.45, 7) is 19.7. The lowest BCUT2D eigenvalue weighted by Gasteiger charge is -2.35. The first-order chi connectivity index (χ1) is 21.9. The molecule has 0 N–H and O–H groups in total. The van der Waals surface area contributed by atoms with Crippen LogP contribution in [0.3, 0.4) is 0 Å². The third kappa shape index (κ3) is 5.62. The molecule has 0 bridgehead atoms. The van der Waals surface area contributed by atoms with Gasteiger partial charge in [0.2, 0.25) is 5.95 Å². The Hall–Kier alpha value is -3.69. The number of rotatable bonds is 9. The van der Waals surface area contributed by atoms with Crippen molar-refractivity contribution >= 4 is 30.8 Å². The molecular weight excluding hydrogens is 589 g/mol. The highest BCUT2D eigenvalue weighted by molar-refractivity contribution is 6.76. The maximum atomic E-state index is 13.6. The molecule has 0 spiro atoms. The number of hydrogen-bond donors (Lipinski definition) is 0.